The molecule has 2 aromatic rings. The van der Waals surface area contributed by atoms with E-state index in [1.54, 1.807) is 36.4 Å². The van der Waals surface area contributed by atoms with E-state index in [4.69, 9.17) is 25.7 Å². The summed E-state index contributed by atoms with van der Waals surface area (Å²) in [6, 6.07) is 11.5. The third-order valence-corrected chi connectivity index (χ3v) is 6.42. The zero-order valence-corrected chi connectivity index (χ0v) is 21.6. The maximum atomic E-state index is 12.5. The van der Waals surface area contributed by atoms with E-state index in [9.17, 15) is 14.4 Å². The summed E-state index contributed by atoms with van der Waals surface area (Å²) in [5.74, 6) is -0.0998. The molecule has 0 radical (unpaired) electrons. The first kappa shape index (κ1) is 28.5. The first-order valence-corrected chi connectivity index (χ1v) is 12.9. The van der Waals surface area contributed by atoms with E-state index in [0.717, 1.165) is 37.7 Å². The van der Waals surface area contributed by atoms with Gasteiger partial charge in [0.2, 0.25) is 0 Å². The van der Waals surface area contributed by atoms with Gasteiger partial charge in [-0.05, 0) is 92.8 Å². The molecule has 0 bridgehead atoms. The SMILES string of the molecule is C=CCC1CCC(C(=O)Oc2ccc(/C=C/C(=O)OCCCCOC(=O)c3cc(N)cc(N)c3)cc2)CC1. The number of nitrogen functional groups attached to an aromatic ring is 2. The quantitative estimate of drug-likeness (QED) is 0.0958. The summed E-state index contributed by atoms with van der Waals surface area (Å²) in [4.78, 5) is 36.5. The fourth-order valence-electron chi connectivity index (χ4n) is 4.35. The van der Waals surface area contributed by atoms with Gasteiger partial charge in [0.25, 0.3) is 0 Å². The molecular formula is C30H36N2O6. The minimum Gasteiger partial charge on any atom is -0.463 e. The van der Waals surface area contributed by atoms with Crippen molar-refractivity contribution >= 4 is 35.4 Å². The predicted molar refractivity (Wildman–Crippen MR) is 147 cm³/mol. The molecule has 1 saturated carbocycles. The van der Waals surface area contributed by atoms with Crippen molar-refractivity contribution in [1.29, 1.82) is 0 Å². The van der Waals surface area contributed by atoms with Gasteiger partial charge < -0.3 is 25.7 Å². The summed E-state index contributed by atoms with van der Waals surface area (Å²) in [6.07, 6.45) is 10.8. The van der Waals surface area contributed by atoms with Crippen LogP contribution in [0.1, 0.15) is 60.9 Å². The van der Waals surface area contributed by atoms with Crippen LogP contribution in [0.25, 0.3) is 6.08 Å². The van der Waals surface area contributed by atoms with E-state index < -0.39 is 11.9 Å². The Balaban J connectivity index is 1.30. The summed E-state index contributed by atoms with van der Waals surface area (Å²) in [5.41, 5.74) is 13.2. The van der Waals surface area contributed by atoms with Crippen molar-refractivity contribution in [3.63, 3.8) is 0 Å². The monoisotopic (exact) mass is 520 g/mol. The number of esters is 3. The molecule has 4 N–H and O–H groups in total. The van der Waals surface area contributed by atoms with Gasteiger partial charge in [-0.25, -0.2) is 9.59 Å². The van der Waals surface area contributed by atoms with E-state index in [2.05, 4.69) is 6.58 Å². The summed E-state index contributed by atoms with van der Waals surface area (Å²) in [7, 11) is 0. The molecule has 202 valence electrons. The number of rotatable bonds is 12. The lowest BCUT2D eigenvalue weighted by Crippen LogP contribution is -2.25. The standard InChI is InChI=1S/C30H36N2O6/c1-2-5-21-6-11-23(12-7-21)30(35)38-27-13-8-22(9-14-27)10-15-28(33)36-16-3-4-17-37-29(34)24-18-25(31)20-26(32)19-24/h2,8-10,13-15,18-21,23H,1,3-7,11-12,16-17,31-32H2/b15-10+. The maximum absolute atomic E-state index is 12.5. The van der Waals surface area contributed by atoms with Gasteiger partial charge in [-0.1, -0.05) is 18.2 Å². The highest BCUT2D eigenvalue weighted by Gasteiger charge is 2.27. The number of ether oxygens (including phenoxy) is 3. The molecule has 1 fully saturated rings. The number of carbonyl (C=O) groups excluding carboxylic acids is 3. The number of unbranched alkanes of at least 4 members (excludes halogenated alkanes) is 1. The van der Waals surface area contributed by atoms with E-state index in [1.165, 1.54) is 18.2 Å². The second kappa shape index (κ2) is 14.6. The van der Waals surface area contributed by atoms with Gasteiger partial charge in [0.15, 0.2) is 0 Å². The largest absolute Gasteiger partial charge is 0.463 e. The Morgan fingerprint density at radius 3 is 2.16 bits per heavy atom. The van der Waals surface area contributed by atoms with E-state index in [1.807, 2.05) is 6.08 Å². The molecular weight excluding hydrogens is 484 g/mol. The van der Waals surface area contributed by atoms with Gasteiger partial charge in [0.05, 0.1) is 24.7 Å². The Hall–Kier alpha value is -4.07. The number of benzene rings is 2. The van der Waals surface area contributed by atoms with Gasteiger partial charge in [-0.15, -0.1) is 6.58 Å². The molecule has 2 aromatic carbocycles. The van der Waals surface area contributed by atoms with Crippen molar-refractivity contribution in [3.05, 3.63) is 72.3 Å². The van der Waals surface area contributed by atoms with Gasteiger partial charge >= 0.3 is 17.9 Å². The van der Waals surface area contributed by atoms with E-state index >= 15 is 0 Å². The lowest BCUT2D eigenvalue weighted by molar-refractivity contribution is -0.140. The highest BCUT2D eigenvalue weighted by Crippen LogP contribution is 2.32. The van der Waals surface area contributed by atoms with Crippen molar-refractivity contribution in [2.24, 2.45) is 11.8 Å². The Kier molecular flexibility index (Phi) is 11.0. The van der Waals surface area contributed by atoms with Crippen LogP contribution in [0.4, 0.5) is 11.4 Å². The number of allylic oxidation sites excluding steroid dienone is 1. The smallest absolute Gasteiger partial charge is 0.338 e. The fraction of sp³-hybridized carbons (Fsp3) is 0.367. The van der Waals surface area contributed by atoms with Crippen molar-refractivity contribution in [3.8, 4) is 5.75 Å². The van der Waals surface area contributed by atoms with Crippen LogP contribution < -0.4 is 16.2 Å². The van der Waals surface area contributed by atoms with Crippen molar-refractivity contribution in [2.75, 3.05) is 24.7 Å². The number of nitrogens with two attached hydrogens (primary N) is 2. The van der Waals surface area contributed by atoms with E-state index in [-0.39, 0.29) is 25.1 Å². The molecule has 0 saturated heterocycles. The average molecular weight is 521 g/mol. The molecule has 0 spiro atoms. The third-order valence-electron chi connectivity index (χ3n) is 6.42. The van der Waals surface area contributed by atoms with Crippen LogP contribution in [-0.2, 0) is 19.1 Å². The summed E-state index contributed by atoms with van der Waals surface area (Å²) in [6.45, 7) is 4.19. The van der Waals surface area contributed by atoms with Crippen molar-refractivity contribution in [2.45, 2.75) is 44.9 Å². The second-order valence-corrected chi connectivity index (χ2v) is 9.46. The third kappa shape index (κ3) is 9.42. The number of hydrogen-bond acceptors (Lipinski definition) is 8. The second-order valence-electron chi connectivity index (χ2n) is 9.46. The van der Waals surface area contributed by atoms with Crippen LogP contribution in [-0.4, -0.2) is 31.1 Å². The Morgan fingerprint density at radius 1 is 0.895 bits per heavy atom. The minimum atomic E-state index is -0.504. The lowest BCUT2D eigenvalue weighted by atomic mass is 9.80. The van der Waals surface area contributed by atoms with Crippen LogP contribution in [0.15, 0.2) is 61.2 Å². The minimum absolute atomic E-state index is 0.0555. The maximum Gasteiger partial charge on any atom is 0.338 e. The molecule has 1 aliphatic rings. The van der Waals surface area contributed by atoms with Gasteiger partial charge in [0.1, 0.15) is 5.75 Å². The molecule has 1 aliphatic carbocycles. The van der Waals surface area contributed by atoms with Crippen molar-refractivity contribution in [1.82, 2.24) is 0 Å². The van der Waals surface area contributed by atoms with Crippen LogP contribution in [0, 0.1) is 11.8 Å². The topological polar surface area (TPSA) is 131 Å². The molecule has 38 heavy (non-hydrogen) atoms. The summed E-state index contributed by atoms with van der Waals surface area (Å²) >= 11 is 0. The molecule has 0 atom stereocenters. The number of hydrogen-bond donors (Lipinski definition) is 2. The Labute approximate surface area is 223 Å². The van der Waals surface area contributed by atoms with Gasteiger partial charge in [-0.2, -0.15) is 0 Å². The molecule has 0 heterocycles. The summed E-state index contributed by atoms with van der Waals surface area (Å²) < 4.78 is 15.9. The zero-order chi connectivity index (χ0) is 27.3. The highest BCUT2D eigenvalue weighted by molar-refractivity contribution is 5.91. The molecule has 8 heteroatoms. The van der Waals surface area contributed by atoms with E-state index in [0.29, 0.717) is 41.4 Å². The van der Waals surface area contributed by atoms with Crippen LogP contribution >= 0.6 is 0 Å². The molecule has 0 amide bonds. The molecule has 0 aromatic heterocycles. The highest BCUT2D eigenvalue weighted by atomic mass is 16.5. The van der Waals surface area contributed by atoms with Gasteiger partial charge in [-0.3, -0.25) is 4.79 Å². The number of carbonyl (C=O) groups is 3. The summed E-state index contributed by atoms with van der Waals surface area (Å²) in [5, 5.41) is 0. The molecule has 0 unspecified atom stereocenters. The molecule has 0 aliphatic heterocycles. The molecule has 8 nitrogen and oxygen atoms in total. The number of anilines is 2. The Bertz CT molecular complexity index is 1110. The normalized spacial score (nSPS) is 17.1. The zero-order valence-electron chi connectivity index (χ0n) is 21.6. The van der Waals surface area contributed by atoms with Crippen LogP contribution in [0.5, 0.6) is 5.75 Å². The van der Waals surface area contributed by atoms with Gasteiger partial charge in [0, 0.05) is 17.5 Å². The van der Waals surface area contributed by atoms with Crippen LogP contribution in [0.2, 0.25) is 0 Å². The predicted octanol–water partition coefficient (Wildman–Crippen LogP) is 5.33. The Morgan fingerprint density at radius 2 is 1.53 bits per heavy atom. The molecule has 3 rings (SSSR count). The van der Waals surface area contributed by atoms with Crippen molar-refractivity contribution < 1.29 is 28.6 Å². The first-order chi connectivity index (χ1) is 18.3. The lowest BCUT2D eigenvalue weighted by Gasteiger charge is -2.26. The van der Waals surface area contributed by atoms with Crippen LogP contribution in [0.3, 0.4) is 0 Å². The average Bonchev–Trinajstić information content (AvgIpc) is 2.90. The first-order valence-electron chi connectivity index (χ1n) is 12.9. The fourth-order valence-corrected chi connectivity index (χ4v) is 4.35.